The van der Waals surface area contributed by atoms with Crippen LogP contribution in [-0.2, 0) is 7.05 Å². The molecule has 1 amide bonds. The highest BCUT2D eigenvalue weighted by Crippen LogP contribution is 2.22. The molecule has 3 N–H and O–H groups in total. The van der Waals surface area contributed by atoms with Gasteiger partial charge in [0.05, 0.1) is 11.7 Å². The molecule has 13 nitrogen and oxygen atoms in total. The van der Waals surface area contributed by atoms with Gasteiger partial charge < -0.3 is 15.6 Å². The van der Waals surface area contributed by atoms with Gasteiger partial charge in [0.1, 0.15) is 22.5 Å². The Bertz CT molecular complexity index is 1990. The van der Waals surface area contributed by atoms with Crippen LogP contribution < -0.4 is 16.6 Å². The summed E-state index contributed by atoms with van der Waals surface area (Å²) in [7, 11) is 1.78. The van der Waals surface area contributed by atoms with Crippen molar-refractivity contribution >= 4 is 28.5 Å². The molecule has 1 aromatic carbocycles. The molecule has 5 aromatic heterocycles. The number of amides is 1. The van der Waals surface area contributed by atoms with Gasteiger partial charge in [0, 0.05) is 25.6 Å². The number of benzene rings is 1. The molecule has 0 aliphatic carbocycles. The first-order chi connectivity index (χ1) is 18.9. The molecule has 0 fully saturated rings. The van der Waals surface area contributed by atoms with Crippen molar-refractivity contribution in [2.24, 2.45) is 7.05 Å². The Hall–Kier alpha value is -5.77. The molecule has 0 bridgehead atoms. The Morgan fingerprint density at radius 3 is 2.69 bits per heavy atom. The van der Waals surface area contributed by atoms with Crippen LogP contribution >= 0.6 is 0 Å². The maximum atomic E-state index is 13.9. The van der Waals surface area contributed by atoms with Gasteiger partial charge in [-0.25, -0.2) is 9.50 Å². The number of hydrogen-bond donors (Lipinski definition) is 2. The van der Waals surface area contributed by atoms with E-state index in [2.05, 4.69) is 42.5 Å². The summed E-state index contributed by atoms with van der Waals surface area (Å²) in [6.07, 6.45) is 4.94. The molecule has 0 aliphatic heterocycles. The van der Waals surface area contributed by atoms with Crippen LogP contribution in [-0.4, -0.2) is 45.0 Å². The molecule has 6 aromatic rings. The lowest BCUT2D eigenvalue weighted by molar-refractivity contribution is 0.0940. The van der Waals surface area contributed by atoms with Gasteiger partial charge >= 0.3 is 0 Å². The minimum atomic E-state index is -0.763. The molecule has 0 spiro atoms. The average Bonchev–Trinajstić information content (AvgIpc) is 3.63. The van der Waals surface area contributed by atoms with Crippen molar-refractivity contribution in [2.45, 2.75) is 13.0 Å². The van der Waals surface area contributed by atoms with Crippen molar-refractivity contribution in [1.29, 1.82) is 0 Å². The van der Waals surface area contributed by atoms with Gasteiger partial charge in [-0.05, 0) is 43.0 Å². The molecule has 1 atom stereocenters. The lowest BCUT2D eigenvalue weighted by Gasteiger charge is -2.18. The van der Waals surface area contributed by atoms with E-state index in [1.54, 1.807) is 67.4 Å². The fraction of sp³-hybridized carbons (Fsp3) is 0.115. The SMILES string of the molecule is C[C@@H](NC(=O)c1c(N)nn2cccnc12)c1nc2onc(C#Cc3ccn(C)n3)c2c(=O)n1-c1ccccc1. The van der Waals surface area contributed by atoms with Gasteiger partial charge in [-0.2, -0.15) is 10.1 Å². The molecule has 0 saturated carbocycles. The number of nitrogen functional groups attached to an aromatic ring is 1. The zero-order chi connectivity index (χ0) is 27.1. The summed E-state index contributed by atoms with van der Waals surface area (Å²) in [6.45, 7) is 1.69. The second kappa shape index (κ2) is 9.27. The predicted octanol–water partition coefficient (Wildman–Crippen LogP) is 1.62. The zero-order valence-corrected chi connectivity index (χ0v) is 20.7. The van der Waals surface area contributed by atoms with Crippen LogP contribution in [0.5, 0.6) is 0 Å². The van der Waals surface area contributed by atoms with E-state index in [0.717, 1.165) is 0 Å². The number of nitrogens with two attached hydrogens (primary N) is 1. The molecule has 0 unspecified atom stereocenters. The minimum Gasteiger partial charge on any atom is -0.381 e. The topological polar surface area (TPSA) is 164 Å². The fourth-order valence-corrected chi connectivity index (χ4v) is 4.18. The first kappa shape index (κ1) is 23.6. The Labute approximate surface area is 219 Å². The quantitative estimate of drug-likeness (QED) is 0.329. The second-order valence-corrected chi connectivity index (χ2v) is 8.63. The molecule has 0 saturated heterocycles. The Kier molecular flexibility index (Phi) is 5.61. The molecule has 0 radical (unpaired) electrons. The number of nitrogens with one attached hydrogen (secondary N) is 1. The van der Waals surface area contributed by atoms with Crippen LogP contribution in [0.3, 0.4) is 0 Å². The summed E-state index contributed by atoms with van der Waals surface area (Å²) in [5.74, 6) is 5.45. The van der Waals surface area contributed by atoms with E-state index in [4.69, 9.17) is 10.3 Å². The highest BCUT2D eigenvalue weighted by molar-refractivity contribution is 6.04. The maximum absolute atomic E-state index is 13.9. The molecular weight excluding hydrogens is 500 g/mol. The Morgan fingerprint density at radius 1 is 1.10 bits per heavy atom. The summed E-state index contributed by atoms with van der Waals surface area (Å²) in [5.41, 5.74) is 7.15. The van der Waals surface area contributed by atoms with E-state index < -0.39 is 17.5 Å². The first-order valence-electron chi connectivity index (χ1n) is 11.8. The Balaban J connectivity index is 1.45. The number of anilines is 1. The summed E-state index contributed by atoms with van der Waals surface area (Å²) in [6, 6.07) is 11.6. The van der Waals surface area contributed by atoms with Gasteiger partial charge in [-0.1, -0.05) is 23.4 Å². The molecule has 13 heteroatoms. The van der Waals surface area contributed by atoms with Crippen molar-refractivity contribution in [3.8, 4) is 17.5 Å². The molecule has 6 rings (SSSR count). The van der Waals surface area contributed by atoms with E-state index in [9.17, 15) is 9.59 Å². The van der Waals surface area contributed by atoms with Crippen molar-refractivity contribution in [1.82, 2.24) is 44.4 Å². The van der Waals surface area contributed by atoms with E-state index in [1.165, 1.54) is 15.3 Å². The van der Waals surface area contributed by atoms with Crippen molar-refractivity contribution in [3.63, 3.8) is 0 Å². The number of aromatic nitrogens is 8. The van der Waals surface area contributed by atoms with E-state index in [0.29, 0.717) is 17.0 Å². The normalized spacial score (nSPS) is 11.8. The highest BCUT2D eigenvalue weighted by atomic mass is 16.5. The Morgan fingerprint density at radius 2 is 1.92 bits per heavy atom. The lowest BCUT2D eigenvalue weighted by atomic mass is 10.2. The van der Waals surface area contributed by atoms with Crippen molar-refractivity contribution in [2.75, 3.05) is 5.73 Å². The molecular formula is C26H20N10O3. The monoisotopic (exact) mass is 520 g/mol. The molecule has 39 heavy (non-hydrogen) atoms. The van der Waals surface area contributed by atoms with E-state index in [-0.39, 0.29) is 34.0 Å². The van der Waals surface area contributed by atoms with E-state index in [1.807, 2.05) is 6.07 Å². The summed E-state index contributed by atoms with van der Waals surface area (Å²) in [5, 5.41) is 15.3. The number of nitrogens with zero attached hydrogens (tertiary/aromatic N) is 8. The summed E-state index contributed by atoms with van der Waals surface area (Å²) < 4.78 is 9.83. The summed E-state index contributed by atoms with van der Waals surface area (Å²) >= 11 is 0. The fourth-order valence-electron chi connectivity index (χ4n) is 4.18. The number of hydrogen-bond acceptors (Lipinski definition) is 9. The third-order valence-electron chi connectivity index (χ3n) is 5.96. The number of carbonyl (C=O) groups is 1. The number of para-hydroxylation sites is 1. The van der Waals surface area contributed by atoms with Gasteiger partial charge in [0.15, 0.2) is 17.2 Å². The minimum absolute atomic E-state index is 0.00855. The molecule has 192 valence electrons. The smallest absolute Gasteiger partial charge is 0.272 e. The average molecular weight is 521 g/mol. The van der Waals surface area contributed by atoms with Crippen molar-refractivity contribution < 1.29 is 9.32 Å². The van der Waals surface area contributed by atoms with Crippen LogP contribution in [0.1, 0.15) is 40.5 Å². The third kappa shape index (κ3) is 4.15. The van der Waals surface area contributed by atoms with Gasteiger partial charge in [-0.3, -0.25) is 18.8 Å². The number of aryl methyl sites for hydroxylation is 1. The van der Waals surface area contributed by atoms with Gasteiger partial charge in [0.25, 0.3) is 17.2 Å². The van der Waals surface area contributed by atoms with Crippen molar-refractivity contribution in [3.05, 3.63) is 94.2 Å². The van der Waals surface area contributed by atoms with Crippen LogP contribution in [0.25, 0.3) is 22.4 Å². The molecule has 0 aliphatic rings. The molecule has 5 heterocycles. The first-order valence-corrected chi connectivity index (χ1v) is 11.8. The van der Waals surface area contributed by atoms with Gasteiger partial charge in [0.2, 0.25) is 0 Å². The largest absolute Gasteiger partial charge is 0.381 e. The van der Waals surface area contributed by atoms with Gasteiger partial charge in [-0.15, -0.1) is 5.10 Å². The van der Waals surface area contributed by atoms with Crippen LogP contribution in [0.15, 0.2) is 70.4 Å². The van der Waals surface area contributed by atoms with Crippen LogP contribution in [0, 0.1) is 11.8 Å². The predicted molar refractivity (Wildman–Crippen MR) is 140 cm³/mol. The third-order valence-corrected chi connectivity index (χ3v) is 5.96. The maximum Gasteiger partial charge on any atom is 0.272 e. The highest BCUT2D eigenvalue weighted by Gasteiger charge is 2.26. The number of rotatable bonds is 4. The van der Waals surface area contributed by atoms with Crippen LogP contribution in [0.4, 0.5) is 5.82 Å². The summed E-state index contributed by atoms with van der Waals surface area (Å²) in [4.78, 5) is 35.9. The number of carbonyl (C=O) groups excluding carboxylic acids is 1. The number of fused-ring (bicyclic) bond motifs is 2. The van der Waals surface area contributed by atoms with Crippen LogP contribution in [0.2, 0.25) is 0 Å². The second-order valence-electron chi connectivity index (χ2n) is 8.63. The lowest BCUT2D eigenvalue weighted by Crippen LogP contribution is -2.33. The standard InChI is InChI=1S/C26H20N10O3/c1-15(29-24(37)20-21(27)32-35-13-6-12-28-23(20)35)22-30-25-19(26(38)36(22)17-7-4-3-5-8-17)18(33-39-25)10-9-16-11-14-34(2)31-16/h3-8,11-15H,1-2H3,(H2,27,32)(H,29,37)/t15-/m1/s1. The van der Waals surface area contributed by atoms with E-state index >= 15 is 0 Å². The zero-order valence-electron chi connectivity index (χ0n) is 20.7.